The maximum atomic E-state index is 3.65. The van der Waals surface area contributed by atoms with Crippen molar-refractivity contribution >= 4 is 21.7 Å². The van der Waals surface area contributed by atoms with Crippen molar-refractivity contribution in [3.05, 3.63) is 72.3 Å². The molecule has 0 fully saturated rings. The van der Waals surface area contributed by atoms with E-state index >= 15 is 0 Å². The predicted octanol–water partition coefficient (Wildman–Crippen LogP) is 5.09. The largest absolute Gasteiger partial charge is 0.354 e. The first-order valence-corrected chi connectivity index (χ1v) is 8.46. The lowest BCUT2D eigenvalue weighted by molar-refractivity contribution is 0.414. The number of para-hydroxylation sites is 1. The molecule has 0 aliphatic rings. The Kier molecular flexibility index (Phi) is 3.83. The van der Waals surface area contributed by atoms with Gasteiger partial charge in [0, 0.05) is 23.1 Å². The van der Waals surface area contributed by atoms with Crippen LogP contribution in [0.25, 0.3) is 32.9 Å². The van der Waals surface area contributed by atoms with Gasteiger partial charge in [0.15, 0.2) is 0 Å². The van der Waals surface area contributed by atoms with E-state index in [-0.39, 0.29) is 0 Å². The Morgan fingerprint density at radius 3 is 2.42 bits per heavy atom. The average Bonchev–Trinajstić information content (AvgIpc) is 2.98. The number of benzene rings is 3. The summed E-state index contributed by atoms with van der Waals surface area (Å²) in [7, 11) is 4.26. The second-order valence-electron chi connectivity index (χ2n) is 6.64. The van der Waals surface area contributed by atoms with Crippen molar-refractivity contribution in [2.24, 2.45) is 0 Å². The molecular formula is C22H22N2. The van der Waals surface area contributed by atoms with Gasteiger partial charge >= 0.3 is 0 Å². The van der Waals surface area contributed by atoms with E-state index < -0.39 is 0 Å². The smallest absolute Gasteiger partial charge is 0.0498 e. The van der Waals surface area contributed by atoms with Crippen molar-refractivity contribution in [1.82, 2.24) is 9.88 Å². The molecule has 0 bridgehead atoms. The van der Waals surface area contributed by atoms with Crippen molar-refractivity contribution in [2.75, 3.05) is 20.6 Å². The van der Waals surface area contributed by atoms with Crippen LogP contribution in [0.4, 0.5) is 0 Å². The quantitative estimate of drug-likeness (QED) is 0.556. The van der Waals surface area contributed by atoms with E-state index in [1.165, 1.54) is 38.5 Å². The molecular weight excluding hydrogens is 292 g/mol. The highest BCUT2D eigenvalue weighted by Gasteiger charge is 2.13. The Hall–Kier alpha value is -2.58. The second-order valence-corrected chi connectivity index (χ2v) is 6.64. The first-order chi connectivity index (χ1) is 11.7. The molecule has 0 saturated carbocycles. The lowest BCUT2D eigenvalue weighted by Gasteiger charge is -2.11. The number of H-pyrrole nitrogens is 1. The van der Waals surface area contributed by atoms with Crippen LogP contribution in [0.5, 0.6) is 0 Å². The second kappa shape index (κ2) is 6.14. The highest BCUT2D eigenvalue weighted by atomic mass is 15.0. The maximum Gasteiger partial charge on any atom is 0.0498 e. The SMILES string of the molecule is CN(C)CCc1c(-c2ccc3ccccc3c2)[nH]c2ccccc12. The summed E-state index contributed by atoms with van der Waals surface area (Å²) < 4.78 is 0. The summed E-state index contributed by atoms with van der Waals surface area (Å²) in [6.07, 6.45) is 1.04. The number of likely N-dealkylation sites (N-methyl/N-ethyl adjacent to an activating group) is 1. The van der Waals surface area contributed by atoms with Gasteiger partial charge in [0.2, 0.25) is 0 Å². The van der Waals surface area contributed by atoms with Gasteiger partial charge in [0.25, 0.3) is 0 Å². The lowest BCUT2D eigenvalue weighted by atomic mass is 10.00. The van der Waals surface area contributed by atoms with E-state index in [0.29, 0.717) is 0 Å². The predicted molar refractivity (Wildman–Crippen MR) is 103 cm³/mol. The normalized spacial score (nSPS) is 11.6. The summed E-state index contributed by atoms with van der Waals surface area (Å²) in [6, 6.07) is 23.9. The van der Waals surface area contributed by atoms with Crippen molar-refractivity contribution in [2.45, 2.75) is 6.42 Å². The molecule has 0 aliphatic heterocycles. The first kappa shape index (κ1) is 15.0. The molecule has 0 amide bonds. The van der Waals surface area contributed by atoms with Gasteiger partial charge in [0.1, 0.15) is 0 Å². The van der Waals surface area contributed by atoms with Crippen LogP contribution in [0.15, 0.2) is 66.7 Å². The molecule has 0 spiro atoms. The Bertz CT molecular complexity index is 995. The number of nitrogens with one attached hydrogen (secondary N) is 1. The molecule has 1 heterocycles. The van der Waals surface area contributed by atoms with Crippen LogP contribution in [0, 0.1) is 0 Å². The zero-order chi connectivity index (χ0) is 16.5. The van der Waals surface area contributed by atoms with Gasteiger partial charge in [0.05, 0.1) is 0 Å². The third-order valence-electron chi connectivity index (χ3n) is 4.66. The lowest BCUT2D eigenvalue weighted by Crippen LogP contribution is -2.15. The Balaban J connectivity index is 1.88. The van der Waals surface area contributed by atoms with Gasteiger partial charge in [-0.1, -0.05) is 54.6 Å². The molecule has 2 heteroatoms. The van der Waals surface area contributed by atoms with Crippen LogP contribution in [0.2, 0.25) is 0 Å². The van der Waals surface area contributed by atoms with E-state index in [1.807, 2.05) is 0 Å². The van der Waals surface area contributed by atoms with Crippen molar-refractivity contribution in [1.29, 1.82) is 0 Å². The summed E-state index contributed by atoms with van der Waals surface area (Å²) in [4.78, 5) is 5.89. The van der Waals surface area contributed by atoms with Gasteiger partial charge in [-0.05, 0) is 54.5 Å². The molecule has 0 aliphatic carbocycles. The molecule has 0 atom stereocenters. The van der Waals surface area contributed by atoms with E-state index in [9.17, 15) is 0 Å². The zero-order valence-electron chi connectivity index (χ0n) is 14.2. The van der Waals surface area contributed by atoms with Gasteiger partial charge < -0.3 is 9.88 Å². The maximum absolute atomic E-state index is 3.65. The van der Waals surface area contributed by atoms with Crippen molar-refractivity contribution in [3.63, 3.8) is 0 Å². The number of aromatic nitrogens is 1. The Morgan fingerprint density at radius 1 is 0.833 bits per heavy atom. The van der Waals surface area contributed by atoms with Crippen molar-refractivity contribution in [3.8, 4) is 11.3 Å². The molecule has 4 aromatic rings. The summed E-state index contributed by atoms with van der Waals surface area (Å²) in [5.74, 6) is 0. The monoisotopic (exact) mass is 314 g/mol. The number of nitrogens with zero attached hydrogens (tertiary/aromatic N) is 1. The third-order valence-corrected chi connectivity index (χ3v) is 4.66. The standard InChI is InChI=1S/C22H22N2/c1-24(2)14-13-20-19-9-5-6-10-21(19)23-22(20)18-12-11-16-7-3-4-8-17(16)15-18/h3-12,15,23H,13-14H2,1-2H3. The molecule has 24 heavy (non-hydrogen) atoms. The number of hydrogen-bond donors (Lipinski definition) is 1. The molecule has 1 N–H and O–H groups in total. The van der Waals surface area contributed by atoms with E-state index in [4.69, 9.17) is 0 Å². The molecule has 3 aromatic carbocycles. The van der Waals surface area contributed by atoms with Gasteiger partial charge in [-0.3, -0.25) is 0 Å². The molecule has 1 aromatic heterocycles. The number of aromatic amines is 1. The minimum atomic E-state index is 1.04. The first-order valence-electron chi connectivity index (χ1n) is 8.46. The molecule has 2 nitrogen and oxygen atoms in total. The van der Waals surface area contributed by atoms with Crippen LogP contribution >= 0.6 is 0 Å². The highest BCUT2D eigenvalue weighted by Crippen LogP contribution is 2.32. The van der Waals surface area contributed by atoms with Crippen molar-refractivity contribution < 1.29 is 0 Å². The van der Waals surface area contributed by atoms with E-state index in [0.717, 1.165) is 13.0 Å². The number of rotatable bonds is 4. The minimum absolute atomic E-state index is 1.04. The number of hydrogen-bond acceptors (Lipinski definition) is 1. The van der Waals surface area contributed by atoms with Crippen LogP contribution in [0.1, 0.15) is 5.56 Å². The average molecular weight is 314 g/mol. The Morgan fingerprint density at radius 2 is 1.58 bits per heavy atom. The fourth-order valence-corrected chi connectivity index (χ4v) is 3.39. The highest BCUT2D eigenvalue weighted by molar-refractivity contribution is 5.93. The number of fused-ring (bicyclic) bond motifs is 2. The van der Waals surface area contributed by atoms with Crippen LogP contribution in [-0.4, -0.2) is 30.5 Å². The topological polar surface area (TPSA) is 19.0 Å². The molecule has 0 unspecified atom stereocenters. The van der Waals surface area contributed by atoms with Gasteiger partial charge in [-0.15, -0.1) is 0 Å². The van der Waals surface area contributed by atoms with Crippen LogP contribution in [0.3, 0.4) is 0 Å². The van der Waals surface area contributed by atoms with E-state index in [1.54, 1.807) is 0 Å². The molecule has 120 valence electrons. The molecule has 4 rings (SSSR count). The van der Waals surface area contributed by atoms with Gasteiger partial charge in [-0.2, -0.15) is 0 Å². The van der Waals surface area contributed by atoms with Crippen LogP contribution in [-0.2, 0) is 6.42 Å². The van der Waals surface area contributed by atoms with Crippen LogP contribution < -0.4 is 0 Å². The summed E-state index contributed by atoms with van der Waals surface area (Å²) in [5.41, 5.74) is 5.14. The fourth-order valence-electron chi connectivity index (χ4n) is 3.39. The summed E-state index contributed by atoms with van der Waals surface area (Å²) >= 11 is 0. The summed E-state index contributed by atoms with van der Waals surface area (Å²) in [5, 5.41) is 3.90. The summed E-state index contributed by atoms with van der Waals surface area (Å²) in [6.45, 7) is 1.04. The molecule has 0 saturated heterocycles. The molecule has 0 radical (unpaired) electrons. The fraction of sp³-hybridized carbons (Fsp3) is 0.182. The third kappa shape index (κ3) is 2.70. The van der Waals surface area contributed by atoms with Gasteiger partial charge in [-0.25, -0.2) is 0 Å². The van der Waals surface area contributed by atoms with E-state index in [2.05, 4.69) is 90.7 Å². The minimum Gasteiger partial charge on any atom is -0.354 e. The zero-order valence-corrected chi connectivity index (χ0v) is 14.2. The Labute approximate surface area is 142 Å².